The summed E-state index contributed by atoms with van der Waals surface area (Å²) < 4.78 is 28.4. The first-order valence-electron chi connectivity index (χ1n) is 7.69. The summed E-state index contributed by atoms with van der Waals surface area (Å²) in [5.74, 6) is 3.11. The van der Waals surface area contributed by atoms with Crippen LogP contribution < -0.4 is 5.32 Å². The lowest BCUT2D eigenvalue weighted by Gasteiger charge is -2.07. The molecule has 2 aliphatic rings. The number of sulfone groups is 1. The van der Waals surface area contributed by atoms with Crippen molar-refractivity contribution in [3.63, 3.8) is 0 Å². The van der Waals surface area contributed by atoms with E-state index in [1.165, 1.54) is 12.5 Å². The van der Waals surface area contributed by atoms with Crippen LogP contribution in [-0.4, -0.2) is 32.4 Å². The van der Waals surface area contributed by atoms with E-state index >= 15 is 0 Å². The third-order valence-corrected chi connectivity index (χ3v) is 6.25. The summed E-state index contributed by atoms with van der Waals surface area (Å²) in [5, 5.41) is 2.75. The lowest BCUT2D eigenvalue weighted by molar-refractivity contribution is -0.116. The third-order valence-electron chi connectivity index (χ3n) is 4.41. The summed E-state index contributed by atoms with van der Waals surface area (Å²) in [6.45, 7) is 2.60. The molecule has 120 valence electrons. The summed E-state index contributed by atoms with van der Waals surface area (Å²) in [6.07, 6.45) is 4.88. The molecule has 1 aromatic rings. The highest BCUT2D eigenvalue weighted by Crippen LogP contribution is 2.47. The van der Waals surface area contributed by atoms with E-state index < -0.39 is 9.84 Å². The Morgan fingerprint density at radius 3 is 2.86 bits per heavy atom. The maximum atomic E-state index is 11.8. The van der Waals surface area contributed by atoms with Gasteiger partial charge in [-0.2, -0.15) is 0 Å². The largest absolute Gasteiger partial charge is 0.461 e. The van der Waals surface area contributed by atoms with Crippen LogP contribution in [0.1, 0.15) is 37.2 Å². The van der Waals surface area contributed by atoms with Gasteiger partial charge in [-0.1, -0.05) is 6.92 Å². The number of furan rings is 1. The minimum absolute atomic E-state index is 0.0360. The van der Waals surface area contributed by atoms with Crippen LogP contribution in [0.2, 0.25) is 0 Å². The van der Waals surface area contributed by atoms with Crippen molar-refractivity contribution in [2.24, 2.45) is 11.8 Å². The van der Waals surface area contributed by atoms with E-state index in [0.717, 1.165) is 5.76 Å². The summed E-state index contributed by atoms with van der Waals surface area (Å²) in [4.78, 5) is 11.8. The first kappa shape index (κ1) is 15.3. The van der Waals surface area contributed by atoms with E-state index in [1.54, 1.807) is 6.08 Å². The average Bonchev–Trinajstić information content (AvgIpc) is 2.88. The van der Waals surface area contributed by atoms with Crippen LogP contribution in [0.15, 0.2) is 22.6 Å². The Balaban J connectivity index is 1.46. The second-order valence-corrected chi connectivity index (χ2v) is 8.64. The smallest absolute Gasteiger partial charge is 0.244 e. The molecule has 1 amide bonds. The third kappa shape index (κ3) is 3.80. The van der Waals surface area contributed by atoms with Crippen molar-refractivity contribution < 1.29 is 17.6 Å². The fourth-order valence-electron chi connectivity index (χ4n) is 2.87. The maximum Gasteiger partial charge on any atom is 0.244 e. The van der Waals surface area contributed by atoms with E-state index in [9.17, 15) is 13.2 Å². The molecule has 1 aromatic heterocycles. The summed E-state index contributed by atoms with van der Waals surface area (Å²) in [5.41, 5.74) is 0. The number of hydrogen-bond acceptors (Lipinski definition) is 4. The summed E-state index contributed by atoms with van der Waals surface area (Å²) >= 11 is 0. The molecule has 0 spiro atoms. The fourth-order valence-corrected chi connectivity index (χ4v) is 4.73. The molecule has 1 saturated carbocycles. The summed E-state index contributed by atoms with van der Waals surface area (Å²) in [6, 6.07) is 3.84. The van der Waals surface area contributed by atoms with Gasteiger partial charge in [-0.15, -0.1) is 0 Å². The van der Waals surface area contributed by atoms with Crippen molar-refractivity contribution in [3.8, 4) is 0 Å². The highest BCUT2D eigenvalue weighted by Gasteiger charge is 2.36. The van der Waals surface area contributed by atoms with Crippen molar-refractivity contribution in [1.29, 1.82) is 0 Å². The molecule has 1 saturated heterocycles. The zero-order valence-corrected chi connectivity index (χ0v) is 13.4. The highest BCUT2D eigenvalue weighted by atomic mass is 32.2. The Kier molecular flexibility index (Phi) is 4.12. The van der Waals surface area contributed by atoms with E-state index in [4.69, 9.17) is 4.42 Å². The Hall–Kier alpha value is -1.56. The molecule has 3 unspecified atom stereocenters. The predicted molar refractivity (Wildman–Crippen MR) is 84.0 cm³/mol. The van der Waals surface area contributed by atoms with Gasteiger partial charge in [0.2, 0.25) is 5.91 Å². The molecule has 1 aliphatic heterocycles. The van der Waals surface area contributed by atoms with Gasteiger partial charge in [0.25, 0.3) is 0 Å². The van der Waals surface area contributed by atoms with Gasteiger partial charge in [0.1, 0.15) is 11.5 Å². The number of carbonyl (C=O) groups is 1. The Morgan fingerprint density at radius 2 is 2.23 bits per heavy atom. The van der Waals surface area contributed by atoms with Crippen LogP contribution >= 0.6 is 0 Å². The quantitative estimate of drug-likeness (QED) is 0.841. The first-order valence-corrected chi connectivity index (χ1v) is 9.51. The minimum atomic E-state index is -2.89. The highest BCUT2D eigenvalue weighted by molar-refractivity contribution is 7.91. The minimum Gasteiger partial charge on any atom is -0.461 e. The standard InChI is InChI=1S/C16H21NO4S/c1-11-8-14(11)15-4-2-13(21-15)3-5-16(18)17-9-12-6-7-22(19,20)10-12/h2-5,11-12,14H,6-10H2,1H3,(H,17,18). The van der Waals surface area contributed by atoms with Gasteiger partial charge in [-0.3, -0.25) is 4.79 Å². The lowest BCUT2D eigenvalue weighted by Crippen LogP contribution is -2.28. The van der Waals surface area contributed by atoms with Gasteiger partial charge in [-0.25, -0.2) is 8.42 Å². The molecule has 1 aliphatic carbocycles. The second kappa shape index (κ2) is 5.91. The van der Waals surface area contributed by atoms with Crippen LogP contribution in [0.4, 0.5) is 0 Å². The molecular formula is C16H21NO4S. The average molecular weight is 323 g/mol. The van der Waals surface area contributed by atoms with Gasteiger partial charge in [0.15, 0.2) is 9.84 Å². The van der Waals surface area contributed by atoms with Crippen molar-refractivity contribution in [3.05, 3.63) is 29.7 Å². The molecule has 2 fully saturated rings. The fraction of sp³-hybridized carbons (Fsp3) is 0.562. The molecule has 0 aromatic carbocycles. The second-order valence-electron chi connectivity index (χ2n) is 6.41. The van der Waals surface area contributed by atoms with Gasteiger partial charge < -0.3 is 9.73 Å². The normalized spacial score (nSPS) is 29.8. The van der Waals surface area contributed by atoms with Crippen molar-refractivity contribution >= 4 is 21.8 Å². The van der Waals surface area contributed by atoms with Gasteiger partial charge in [-0.05, 0) is 42.9 Å². The zero-order chi connectivity index (χ0) is 15.7. The van der Waals surface area contributed by atoms with Crippen LogP contribution in [0.5, 0.6) is 0 Å². The molecule has 6 heteroatoms. The molecule has 3 rings (SSSR count). The SMILES string of the molecule is CC1CC1c1ccc(C=CC(=O)NCC2CCS(=O)(=O)C2)o1. The van der Waals surface area contributed by atoms with Crippen molar-refractivity contribution in [1.82, 2.24) is 5.32 Å². The molecular weight excluding hydrogens is 302 g/mol. The number of hydrogen-bond donors (Lipinski definition) is 1. The molecule has 0 radical (unpaired) electrons. The molecule has 2 heterocycles. The van der Waals surface area contributed by atoms with Crippen molar-refractivity contribution in [2.45, 2.75) is 25.7 Å². The lowest BCUT2D eigenvalue weighted by atomic mass is 10.1. The van der Waals surface area contributed by atoms with Crippen LogP contribution in [0.25, 0.3) is 6.08 Å². The molecule has 1 N–H and O–H groups in total. The number of rotatable bonds is 5. The first-order chi connectivity index (χ1) is 10.4. The van der Waals surface area contributed by atoms with Gasteiger partial charge in [0, 0.05) is 18.5 Å². The van der Waals surface area contributed by atoms with Crippen LogP contribution in [0.3, 0.4) is 0 Å². The van der Waals surface area contributed by atoms with E-state index in [1.807, 2.05) is 12.1 Å². The van der Waals surface area contributed by atoms with Gasteiger partial charge >= 0.3 is 0 Å². The number of amides is 1. The topological polar surface area (TPSA) is 76.4 Å². The van der Waals surface area contributed by atoms with Crippen molar-refractivity contribution in [2.75, 3.05) is 18.1 Å². The van der Waals surface area contributed by atoms with E-state index in [-0.39, 0.29) is 23.3 Å². The predicted octanol–water partition coefficient (Wildman–Crippen LogP) is 1.97. The van der Waals surface area contributed by atoms with Crippen LogP contribution in [-0.2, 0) is 14.6 Å². The van der Waals surface area contributed by atoms with E-state index in [0.29, 0.717) is 30.6 Å². The molecule has 22 heavy (non-hydrogen) atoms. The Labute approximate surface area is 130 Å². The molecule has 0 bridgehead atoms. The number of nitrogens with one attached hydrogen (secondary N) is 1. The molecule has 3 atom stereocenters. The maximum absolute atomic E-state index is 11.8. The number of carbonyl (C=O) groups excluding carboxylic acids is 1. The molecule has 5 nitrogen and oxygen atoms in total. The Morgan fingerprint density at radius 1 is 1.45 bits per heavy atom. The Bertz CT molecular complexity index is 689. The summed E-state index contributed by atoms with van der Waals surface area (Å²) in [7, 11) is -2.89. The van der Waals surface area contributed by atoms with Crippen LogP contribution in [0, 0.1) is 11.8 Å². The zero-order valence-electron chi connectivity index (χ0n) is 12.6. The monoisotopic (exact) mass is 323 g/mol. The van der Waals surface area contributed by atoms with Gasteiger partial charge in [0.05, 0.1) is 11.5 Å². The van der Waals surface area contributed by atoms with E-state index in [2.05, 4.69) is 12.2 Å².